The van der Waals surface area contributed by atoms with E-state index in [1.54, 1.807) is 5.32 Å². The minimum absolute atomic E-state index is 0.170. The normalized spacial score (nSPS) is 21.7. The van der Waals surface area contributed by atoms with E-state index in [9.17, 15) is 26.7 Å². The number of carbonyl (C=O) groups excluding carboxylic acids is 1. The van der Waals surface area contributed by atoms with E-state index in [2.05, 4.69) is 5.32 Å². The first kappa shape index (κ1) is 15.1. The van der Waals surface area contributed by atoms with E-state index in [1.165, 1.54) is 0 Å². The summed E-state index contributed by atoms with van der Waals surface area (Å²) in [5, 5.41) is 4.73. The van der Waals surface area contributed by atoms with E-state index in [0.717, 1.165) is 19.4 Å². The predicted molar refractivity (Wildman–Crippen MR) is 54.2 cm³/mol. The van der Waals surface area contributed by atoms with Gasteiger partial charge in [0.05, 0.1) is 0 Å². The van der Waals surface area contributed by atoms with Crippen molar-refractivity contribution >= 4 is 5.91 Å². The molecule has 0 bridgehead atoms. The number of piperidine rings is 1. The Morgan fingerprint density at radius 2 is 1.94 bits per heavy atom. The summed E-state index contributed by atoms with van der Waals surface area (Å²) in [5.41, 5.74) is 0. The fourth-order valence-electron chi connectivity index (χ4n) is 1.80. The van der Waals surface area contributed by atoms with Crippen LogP contribution >= 0.6 is 0 Å². The highest BCUT2D eigenvalue weighted by Gasteiger charge is 2.63. The fourth-order valence-corrected chi connectivity index (χ4v) is 1.80. The van der Waals surface area contributed by atoms with Crippen LogP contribution in [0.4, 0.5) is 22.0 Å². The Labute approximate surface area is 101 Å². The van der Waals surface area contributed by atoms with E-state index in [0.29, 0.717) is 13.0 Å². The van der Waals surface area contributed by atoms with Gasteiger partial charge in [-0.25, -0.2) is 0 Å². The first-order valence-electron chi connectivity index (χ1n) is 5.68. The zero-order valence-electron chi connectivity index (χ0n) is 9.62. The molecule has 0 aliphatic carbocycles. The van der Waals surface area contributed by atoms with Crippen LogP contribution < -0.4 is 10.6 Å². The lowest BCUT2D eigenvalue weighted by molar-refractivity contribution is -0.269. The summed E-state index contributed by atoms with van der Waals surface area (Å²) in [6, 6.07) is 0. The highest BCUT2D eigenvalue weighted by Crippen LogP contribution is 2.35. The zero-order chi connectivity index (χ0) is 13.8. The fraction of sp³-hybridized carbons (Fsp3) is 0.900. The van der Waals surface area contributed by atoms with Crippen LogP contribution in [-0.2, 0) is 4.79 Å². The molecule has 1 atom stereocenters. The van der Waals surface area contributed by atoms with Crippen molar-refractivity contribution in [3.05, 3.63) is 0 Å². The van der Waals surface area contributed by atoms with Gasteiger partial charge in [-0.05, 0) is 38.3 Å². The van der Waals surface area contributed by atoms with Gasteiger partial charge >= 0.3 is 12.1 Å². The Kier molecular flexibility index (Phi) is 4.89. The maximum Gasteiger partial charge on any atom is 0.463 e. The van der Waals surface area contributed by atoms with Gasteiger partial charge < -0.3 is 10.6 Å². The monoisotopic (exact) mass is 274 g/mol. The van der Waals surface area contributed by atoms with Gasteiger partial charge in [-0.2, -0.15) is 22.0 Å². The molecule has 2 N–H and O–H groups in total. The van der Waals surface area contributed by atoms with Gasteiger partial charge in [-0.15, -0.1) is 0 Å². The van der Waals surface area contributed by atoms with Gasteiger partial charge in [0.25, 0.3) is 5.91 Å². The molecule has 1 rings (SSSR count). The summed E-state index contributed by atoms with van der Waals surface area (Å²) in [5.74, 6) is -7.39. The summed E-state index contributed by atoms with van der Waals surface area (Å²) in [7, 11) is 0. The molecular formula is C10H15F5N2O. The summed E-state index contributed by atoms with van der Waals surface area (Å²) in [6.45, 7) is 1.41. The van der Waals surface area contributed by atoms with Gasteiger partial charge in [-0.3, -0.25) is 4.79 Å². The van der Waals surface area contributed by atoms with Crippen molar-refractivity contribution in [2.45, 2.75) is 31.4 Å². The highest BCUT2D eigenvalue weighted by molar-refractivity contribution is 5.84. The smallest absolute Gasteiger partial charge is 0.351 e. The number of amides is 1. The molecule has 18 heavy (non-hydrogen) atoms. The van der Waals surface area contributed by atoms with Crippen LogP contribution in [0.1, 0.15) is 19.3 Å². The molecule has 8 heteroatoms. The van der Waals surface area contributed by atoms with E-state index in [1.807, 2.05) is 0 Å². The summed E-state index contributed by atoms with van der Waals surface area (Å²) in [6.07, 6.45) is -3.62. The van der Waals surface area contributed by atoms with Crippen molar-refractivity contribution in [3.63, 3.8) is 0 Å². The van der Waals surface area contributed by atoms with E-state index in [-0.39, 0.29) is 12.5 Å². The number of carbonyl (C=O) groups is 1. The van der Waals surface area contributed by atoms with E-state index in [4.69, 9.17) is 0 Å². The Balaban J connectivity index is 2.32. The Bertz CT molecular complexity index is 286. The van der Waals surface area contributed by atoms with Gasteiger partial charge in [0.2, 0.25) is 0 Å². The standard InChI is InChI=1S/C10H15F5N2O/c11-9(12,10(13,14)15)8(18)17-5-3-7-2-1-4-16-6-7/h7,16H,1-6H2,(H,17,18). The molecule has 1 amide bonds. The summed E-state index contributed by atoms with van der Waals surface area (Å²) < 4.78 is 60.6. The third-order valence-corrected chi connectivity index (χ3v) is 2.88. The third kappa shape index (κ3) is 3.79. The van der Waals surface area contributed by atoms with E-state index >= 15 is 0 Å². The molecule has 0 saturated carbocycles. The zero-order valence-corrected chi connectivity index (χ0v) is 9.62. The quantitative estimate of drug-likeness (QED) is 0.766. The molecule has 3 nitrogen and oxygen atoms in total. The number of hydrogen-bond acceptors (Lipinski definition) is 2. The van der Waals surface area contributed by atoms with Gasteiger partial charge in [0, 0.05) is 6.54 Å². The first-order valence-corrected chi connectivity index (χ1v) is 5.68. The van der Waals surface area contributed by atoms with Crippen LogP contribution in [-0.4, -0.2) is 37.6 Å². The maximum absolute atomic E-state index is 12.5. The second kappa shape index (κ2) is 5.81. The number of rotatable bonds is 4. The molecule has 0 radical (unpaired) electrons. The van der Waals surface area contributed by atoms with Crippen molar-refractivity contribution in [3.8, 4) is 0 Å². The third-order valence-electron chi connectivity index (χ3n) is 2.88. The minimum atomic E-state index is -5.84. The molecule has 0 spiro atoms. The second-order valence-corrected chi connectivity index (χ2v) is 4.33. The number of halogens is 5. The Morgan fingerprint density at radius 1 is 1.28 bits per heavy atom. The van der Waals surface area contributed by atoms with Crippen LogP contribution in [0, 0.1) is 5.92 Å². The molecule has 1 fully saturated rings. The SMILES string of the molecule is O=C(NCCC1CCCNC1)C(F)(F)C(F)(F)F. The highest BCUT2D eigenvalue weighted by atomic mass is 19.4. The van der Waals surface area contributed by atoms with E-state index < -0.39 is 18.0 Å². The van der Waals surface area contributed by atoms with Crippen molar-refractivity contribution in [1.82, 2.24) is 10.6 Å². The summed E-state index contributed by atoms with van der Waals surface area (Å²) >= 11 is 0. The molecule has 1 saturated heterocycles. The van der Waals surface area contributed by atoms with Gasteiger partial charge in [0.15, 0.2) is 0 Å². The molecule has 0 aromatic carbocycles. The van der Waals surface area contributed by atoms with Crippen molar-refractivity contribution in [2.24, 2.45) is 5.92 Å². The predicted octanol–water partition coefficient (Wildman–Crippen LogP) is 1.69. The largest absolute Gasteiger partial charge is 0.463 e. The molecule has 1 unspecified atom stereocenters. The average molecular weight is 274 g/mol. The lowest BCUT2D eigenvalue weighted by atomic mass is 9.96. The lowest BCUT2D eigenvalue weighted by Crippen LogP contribution is -2.50. The number of nitrogens with one attached hydrogen (secondary N) is 2. The molecule has 0 aromatic heterocycles. The first-order chi connectivity index (χ1) is 8.25. The lowest BCUT2D eigenvalue weighted by Gasteiger charge is -2.23. The Hall–Kier alpha value is -0.920. The second-order valence-electron chi connectivity index (χ2n) is 4.33. The summed E-state index contributed by atoms with van der Waals surface area (Å²) in [4.78, 5) is 10.8. The molecule has 0 aromatic rings. The molecule has 1 aliphatic heterocycles. The molecule has 106 valence electrons. The maximum atomic E-state index is 12.5. The average Bonchev–Trinajstić information content (AvgIpc) is 2.28. The molecular weight excluding hydrogens is 259 g/mol. The van der Waals surface area contributed by atoms with Crippen LogP contribution in [0.15, 0.2) is 0 Å². The van der Waals surface area contributed by atoms with Crippen molar-refractivity contribution in [2.75, 3.05) is 19.6 Å². The van der Waals surface area contributed by atoms with Gasteiger partial charge in [-0.1, -0.05) is 0 Å². The molecule has 1 aliphatic rings. The van der Waals surface area contributed by atoms with Crippen LogP contribution in [0.3, 0.4) is 0 Å². The number of alkyl halides is 5. The van der Waals surface area contributed by atoms with Crippen molar-refractivity contribution in [1.29, 1.82) is 0 Å². The molecule has 1 heterocycles. The Morgan fingerprint density at radius 3 is 2.44 bits per heavy atom. The van der Waals surface area contributed by atoms with Gasteiger partial charge in [0.1, 0.15) is 0 Å². The van der Waals surface area contributed by atoms with Crippen molar-refractivity contribution < 1.29 is 26.7 Å². The topological polar surface area (TPSA) is 41.1 Å². The van der Waals surface area contributed by atoms with Crippen LogP contribution in [0.25, 0.3) is 0 Å². The number of hydrogen-bond donors (Lipinski definition) is 2. The minimum Gasteiger partial charge on any atom is -0.351 e. The van der Waals surface area contributed by atoms with Crippen LogP contribution in [0.5, 0.6) is 0 Å². The van der Waals surface area contributed by atoms with Crippen LogP contribution in [0.2, 0.25) is 0 Å².